The molecule has 0 heterocycles. The molecule has 8 heavy (non-hydrogen) atoms. The van der Waals surface area contributed by atoms with Crippen LogP contribution in [-0.4, -0.2) is 41.6 Å². The van der Waals surface area contributed by atoms with Gasteiger partial charge in [-0.2, -0.15) is 0 Å². The molecule has 0 N–H and O–H groups in total. The Hall–Kier alpha value is 0.470. The molecule has 0 bridgehead atoms. The number of rotatable bonds is 1. The summed E-state index contributed by atoms with van der Waals surface area (Å²) >= 11 is 0. The Morgan fingerprint density at radius 3 is 1.88 bits per heavy atom. The molecule has 0 rings (SSSR count). The molecule has 1 radical (unpaired) electrons. The predicted octanol–water partition coefficient (Wildman–Crippen LogP) is 0.577. The van der Waals surface area contributed by atoms with Crippen LogP contribution in [0.2, 0.25) is 0 Å². The molecule has 0 fully saturated rings. The van der Waals surface area contributed by atoms with Crippen LogP contribution in [0.15, 0.2) is 0 Å². The van der Waals surface area contributed by atoms with Gasteiger partial charge in [0.05, 0.1) is 6.10 Å². The summed E-state index contributed by atoms with van der Waals surface area (Å²) in [5.74, 6) is -0.213. The van der Waals surface area contributed by atoms with Crippen molar-refractivity contribution in [1.29, 1.82) is 0 Å². The van der Waals surface area contributed by atoms with Crippen molar-refractivity contribution >= 4 is 35.5 Å². The van der Waals surface area contributed by atoms with Gasteiger partial charge in [-0.05, 0) is 13.8 Å². The Labute approximate surface area is 71.9 Å². The summed E-state index contributed by atoms with van der Waals surface area (Å²) in [5.41, 5.74) is 0. The van der Waals surface area contributed by atoms with Gasteiger partial charge in [0.1, 0.15) is 0 Å². The smallest absolute Gasteiger partial charge is 0.302 e. The van der Waals surface area contributed by atoms with Crippen molar-refractivity contribution in [3.63, 3.8) is 0 Å². The van der Waals surface area contributed by atoms with Crippen LogP contribution >= 0.6 is 0 Å². The maximum atomic E-state index is 10.0. The number of carbonyl (C=O) groups is 1. The van der Waals surface area contributed by atoms with Crippen LogP contribution < -0.4 is 0 Å². The number of hydrogen-bond acceptors (Lipinski definition) is 2. The summed E-state index contributed by atoms with van der Waals surface area (Å²) in [6, 6.07) is 0. The molecule has 0 aliphatic carbocycles. The third kappa shape index (κ3) is 9.69. The third-order valence-corrected chi connectivity index (χ3v) is 0.402. The van der Waals surface area contributed by atoms with Crippen LogP contribution in [0.4, 0.5) is 0 Å². The largest absolute Gasteiger partial charge is 0.463 e. The number of ether oxygens (including phenoxy) is 1. The molecule has 2 nitrogen and oxygen atoms in total. The second-order valence-electron chi connectivity index (χ2n) is 1.66. The first kappa shape index (κ1) is 11.3. The minimum Gasteiger partial charge on any atom is -0.463 e. The molecule has 0 aromatic heterocycles. The molecule has 0 amide bonds. The quantitative estimate of drug-likeness (QED) is 0.378. The zero-order valence-electron chi connectivity index (χ0n) is 5.89. The minimum absolute atomic E-state index is 0. The van der Waals surface area contributed by atoms with Crippen molar-refractivity contribution in [3.8, 4) is 0 Å². The van der Waals surface area contributed by atoms with Gasteiger partial charge >= 0.3 is 5.97 Å². The molecule has 0 saturated carbocycles. The van der Waals surface area contributed by atoms with E-state index in [-0.39, 0.29) is 41.6 Å². The van der Waals surface area contributed by atoms with E-state index in [9.17, 15) is 4.79 Å². The molecule has 0 spiro atoms. The Morgan fingerprint density at radius 2 is 1.88 bits per heavy atom. The topological polar surface area (TPSA) is 26.3 Å². The molecular weight excluding hydrogens is 115 g/mol. The Bertz CT molecular complexity index is 70.8. The summed E-state index contributed by atoms with van der Waals surface area (Å²) in [5, 5.41) is 0. The normalized spacial score (nSPS) is 8.00. The standard InChI is InChI=1S/C5H10O2.Na/c1-4(2)7-5(3)6;/h4H,1-3H3;. The first-order valence-electron chi connectivity index (χ1n) is 2.30. The van der Waals surface area contributed by atoms with E-state index < -0.39 is 0 Å². The van der Waals surface area contributed by atoms with Crippen molar-refractivity contribution in [2.75, 3.05) is 0 Å². The molecule has 0 aromatic rings. The van der Waals surface area contributed by atoms with Gasteiger partial charge in [0.2, 0.25) is 0 Å². The molecule has 0 aliphatic heterocycles. The molecular formula is C5H10NaO2. The number of hydrogen-bond donors (Lipinski definition) is 0. The van der Waals surface area contributed by atoms with Gasteiger partial charge in [-0.1, -0.05) is 0 Å². The monoisotopic (exact) mass is 125 g/mol. The summed E-state index contributed by atoms with van der Waals surface area (Å²) in [4.78, 5) is 10.0. The fourth-order valence-electron chi connectivity index (χ4n) is 0.332. The van der Waals surface area contributed by atoms with E-state index in [1.54, 1.807) is 0 Å². The van der Waals surface area contributed by atoms with Gasteiger partial charge in [-0.25, -0.2) is 0 Å². The van der Waals surface area contributed by atoms with Gasteiger partial charge in [0, 0.05) is 36.5 Å². The molecule has 0 atom stereocenters. The van der Waals surface area contributed by atoms with Crippen molar-refractivity contribution < 1.29 is 9.53 Å². The maximum Gasteiger partial charge on any atom is 0.302 e. The maximum absolute atomic E-state index is 10.0. The summed E-state index contributed by atoms with van der Waals surface area (Å²) in [6.07, 6.45) is 0.0255. The summed E-state index contributed by atoms with van der Waals surface area (Å²) in [7, 11) is 0. The first-order valence-corrected chi connectivity index (χ1v) is 2.30. The second kappa shape index (κ2) is 5.60. The fraction of sp³-hybridized carbons (Fsp3) is 0.800. The Kier molecular flexibility index (Phi) is 7.91. The van der Waals surface area contributed by atoms with E-state index in [1.807, 2.05) is 13.8 Å². The predicted molar refractivity (Wildman–Crippen MR) is 32.7 cm³/mol. The molecule has 0 aromatic carbocycles. The van der Waals surface area contributed by atoms with Crippen LogP contribution in [-0.2, 0) is 9.53 Å². The Morgan fingerprint density at radius 1 is 1.50 bits per heavy atom. The average molecular weight is 125 g/mol. The fourth-order valence-corrected chi connectivity index (χ4v) is 0.332. The molecule has 0 unspecified atom stereocenters. The first-order chi connectivity index (χ1) is 3.13. The Balaban J connectivity index is 0. The number of carbonyl (C=O) groups excluding carboxylic acids is 1. The molecule has 0 saturated heterocycles. The molecule has 43 valence electrons. The van der Waals surface area contributed by atoms with Gasteiger partial charge in [0.15, 0.2) is 0 Å². The van der Waals surface area contributed by atoms with Gasteiger partial charge in [0.25, 0.3) is 0 Å². The zero-order chi connectivity index (χ0) is 5.86. The average Bonchev–Trinajstić information content (AvgIpc) is 1.27. The molecule has 0 aliphatic rings. The van der Waals surface area contributed by atoms with E-state index in [2.05, 4.69) is 4.74 Å². The van der Waals surface area contributed by atoms with Crippen LogP contribution in [0, 0.1) is 0 Å². The van der Waals surface area contributed by atoms with Crippen molar-refractivity contribution in [2.24, 2.45) is 0 Å². The van der Waals surface area contributed by atoms with Gasteiger partial charge < -0.3 is 4.74 Å². The van der Waals surface area contributed by atoms with E-state index in [0.717, 1.165) is 0 Å². The van der Waals surface area contributed by atoms with E-state index in [1.165, 1.54) is 6.92 Å². The van der Waals surface area contributed by atoms with Crippen LogP contribution in [0.3, 0.4) is 0 Å². The van der Waals surface area contributed by atoms with E-state index >= 15 is 0 Å². The van der Waals surface area contributed by atoms with Crippen molar-refractivity contribution in [3.05, 3.63) is 0 Å². The van der Waals surface area contributed by atoms with Crippen molar-refractivity contribution in [2.45, 2.75) is 26.9 Å². The molecule has 3 heteroatoms. The van der Waals surface area contributed by atoms with Crippen LogP contribution in [0.5, 0.6) is 0 Å². The summed E-state index contributed by atoms with van der Waals surface area (Å²) in [6.45, 7) is 5.04. The SMILES string of the molecule is CC(=O)OC(C)C.[Na]. The van der Waals surface area contributed by atoms with Crippen molar-refractivity contribution in [1.82, 2.24) is 0 Å². The summed E-state index contributed by atoms with van der Waals surface area (Å²) < 4.78 is 4.61. The number of esters is 1. The van der Waals surface area contributed by atoms with Crippen LogP contribution in [0.1, 0.15) is 20.8 Å². The second-order valence-corrected chi connectivity index (χ2v) is 1.66. The van der Waals surface area contributed by atoms with Crippen LogP contribution in [0.25, 0.3) is 0 Å². The van der Waals surface area contributed by atoms with E-state index in [4.69, 9.17) is 0 Å². The third-order valence-electron chi connectivity index (χ3n) is 0.402. The van der Waals surface area contributed by atoms with E-state index in [0.29, 0.717) is 0 Å². The zero-order valence-corrected chi connectivity index (χ0v) is 7.89. The van der Waals surface area contributed by atoms with Gasteiger partial charge in [-0.3, -0.25) is 4.79 Å². The van der Waals surface area contributed by atoms with Gasteiger partial charge in [-0.15, -0.1) is 0 Å². The minimum atomic E-state index is -0.213.